The molecule has 0 heterocycles. The molecule has 0 aliphatic carbocycles. The average molecular weight is 380 g/mol. The predicted octanol–water partition coefficient (Wildman–Crippen LogP) is 3.25. The summed E-state index contributed by atoms with van der Waals surface area (Å²) in [4.78, 5) is 24.4. The van der Waals surface area contributed by atoms with E-state index in [0.717, 1.165) is 0 Å². The Morgan fingerprint density at radius 2 is 1.85 bits per heavy atom. The van der Waals surface area contributed by atoms with Crippen LogP contribution in [0.4, 0.5) is 5.69 Å². The number of phenols is 1. The molecule has 0 aliphatic heterocycles. The minimum atomic E-state index is -1.12. The number of esters is 1. The van der Waals surface area contributed by atoms with Gasteiger partial charge in [0.25, 0.3) is 5.91 Å². The van der Waals surface area contributed by atoms with Crippen LogP contribution in [0.15, 0.2) is 36.4 Å². The molecule has 2 aromatic carbocycles. The van der Waals surface area contributed by atoms with Crippen molar-refractivity contribution in [2.24, 2.45) is 0 Å². The molecule has 26 heavy (non-hydrogen) atoms. The normalized spacial score (nSPS) is 11.4. The van der Waals surface area contributed by atoms with Crippen LogP contribution in [0, 0.1) is 0 Å². The number of hydrogen-bond donors (Lipinski definition) is 2. The summed E-state index contributed by atoms with van der Waals surface area (Å²) < 4.78 is 15.2. The average Bonchev–Trinajstić information content (AvgIpc) is 2.61. The molecule has 1 atom stereocenters. The Morgan fingerprint density at radius 1 is 1.12 bits per heavy atom. The van der Waals surface area contributed by atoms with Gasteiger partial charge in [-0.15, -0.1) is 0 Å². The lowest BCUT2D eigenvalue weighted by Crippen LogP contribution is -2.30. The molecule has 0 fully saturated rings. The third-order valence-electron chi connectivity index (χ3n) is 3.50. The lowest BCUT2D eigenvalue weighted by molar-refractivity contribution is -0.123. The van der Waals surface area contributed by atoms with E-state index in [1.54, 1.807) is 12.1 Å². The number of methoxy groups -OCH3 is 2. The van der Waals surface area contributed by atoms with Crippen molar-refractivity contribution in [3.8, 4) is 17.2 Å². The SMILES string of the molecule is COc1ccc(C(=O)O[C@@H](C)C(=O)Nc2cc(Cl)ccc2OC)c(O)c1. The fraction of sp³-hybridized carbons (Fsp3) is 0.222. The second-order valence-electron chi connectivity index (χ2n) is 5.26. The summed E-state index contributed by atoms with van der Waals surface area (Å²) in [5, 5.41) is 12.9. The van der Waals surface area contributed by atoms with Gasteiger partial charge in [-0.3, -0.25) is 4.79 Å². The highest BCUT2D eigenvalue weighted by atomic mass is 35.5. The summed E-state index contributed by atoms with van der Waals surface area (Å²) in [6.07, 6.45) is -1.12. The van der Waals surface area contributed by atoms with Gasteiger partial charge in [-0.1, -0.05) is 11.6 Å². The van der Waals surface area contributed by atoms with Gasteiger partial charge < -0.3 is 24.6 Å². The second-order valence-corrected chi connectivity index (χ2v) is 5.70. The van der Waals surface area contributed by atoms with Crippen LogP contribution in [0.25, 0.3) is 0 Å². The maximum atomic E-state index is 12.3. The number of hydrogen-bond acceptors (Lipinski definition) is 6. The van der Waals surface area contributed by atoms with Gasteiger partial charge in [0, 0.05) is 11.1 Å². The van der Waals surface area contributed by atoms with Gasteiger partial charge in [-0.25, -0.2) is 4.79 Å². The van der Waals surface area contributed by atoms with Gasteiger partial charge in [0.2, 0.25) is 0 Å². The zero-order valence-corrected chi connectivity index (χ0v) is 15.2. The quantitative estimate of drug-likeness (QED) is 0.748. The molecule has 138 valence electrons. The number of carbonyl (C=O) groups excluding carboxylic acids is 2. The zero-order valence-electron chi connectivity index (χ0n) is 14.4. The third-order valence-corrected chi connectivity index (χ3v) is 3.73. The van der Waals surface area contributed by atoms with Crippen LogP contribution < -0.4 is 14.8 Å². The second kappa shape index (κ2) is 8.44. The molecule has 2 rings (SSSR count). The molecule has 0 aromatic heterocycles. The summed E-state index contributed by atoms with van der Waals surface area (Å²) >= 11 is 5.91. The Bertz CT molecular complexity index is 823. The standard InChI is InChI=1S/C18H18ClNO6/c1-10(17(22)20-14-8-11(19)4-7-16(14)25-3)26-18(23)13-6-5-12(24-2)9-15(13)21/h4-10,21H,1-3H3,(H,20,22)/t10-/m0/s1. The highest BCUT2D eigenvalue weighted by molar-refractivity contribution is 6.31. The first-order chi connectivity index (χ1) is 12.3. The maximum Gasteiger partial charge on any atom is 0.342 e. The van der Waals surface area contributed by atoms with E-state index in [1.807, 2.05) is 0 Å². The highest BCUT2D eigenvalue weighted by Gasteiger charge is 2.22. The maximum absolute atomic E-state index is 12.3. The molecule has 0 unspecified atom stereocenters. The Hall–Kier alpha value is -2.93. The fourth-order valence-corrected chi connectivity index (χ4v) is 2.27. The molecule has 8 heteroatoms. The number of ether oxygens (including phenoxy) is 3. The minimum absolute atomic E-state index is 0.0780. The van der Waals surface area contributed by atoms with Crippen molar-refractivity contribution < 1.29 is 28.9 Å². The molecule has 0 aliphatic rings. The van der Waals surface area contributed by atoms with Crippen LogP contribution in [-0.4, -0.2) is 37.3 Å². The predicted molar refractivity (Wildman–Crippen MR) is 96.2 cm³/mol. The van der Waals surface area contributed by atoms with E-state index >= 15 is 0 Å². The molecular weight excluding hydrogens is 362 g/mol. The number of nitrogens with one attached hydrogen (secondary N) is 1. The topological polar surface area (TPSA) is 94.1 Å². The van der Waals surface area contributed by atoms with Crippen molar-refractivity contribution in [3.05, 3.63) is 47.0 Å². The van der Waals surface area contributed by atoms with Gasteiger partial charge >= 0.3 is 5.97 Å². The van der Waals surface area contributed by atoms with Gasteiger partial charge in [-0.2, -0.15) is 0 Å². The van der Waals surface area contributed by atoms with Crippen molar-refractivity contribution >= 4 is 29.2 Å². The van der Waals surface area contributed by atoms with E-state index in [1.165, 1.54) is 45.4 Å². The Kier molecular flexibility index (Phi) is 6.30. The number of amides is 1. The van der Waals surface area contributed by atoms with Crippen molar-refractivity contribution in [2.45, 2.75) is 13.0 Å². The number of carbonyl (C=O) groups is 2. The van der Waals surface area contributed by atoms with Crippen LogP contribution in [0.1, 0.15) is 17.3 Å². The lowest BCUT2D eigenvalue weighted by atomic mass is 10.2. The molecule has 1 amide bonds. The van der Waals surface area contributed by atoms with Crippen molar-refractivity contribution in [3.63, 3.8) is 0 Å². The highest BCUT2D eigenvalue weighted by Crippen LogP contribution is 2.28. The Morgan fingerprint density at radius 3 is 2.46 bits per heavy atom. The number of aromatic hydroxyl groups is 1. The van der Waals surface area contributed by atoms with Crippen LogP contribution in [-0.2, 0) is 9.53 Å². The summed E-state index contributed by atoms with van der Waals surface area (Å²) in [5.74, 6) is -0.928. The molecule has 2 N–H and O–H groups in total. The van der Waals surface area contributed by atoms with Crippen molar-refractivity contribution in [1.82, 2.24) is 0 Å². The summed E-state index contributed by atoms with van der Waals surface area (Å²) in [6, 6.07) is 8.86. The van der Waals surface area contributed by atoms with Gasteiger partial charge in [0.1, 0.15) is 22.8 Å². The molecule has 0 saturated heterocycles. The molecule has 2 aromatic rings. The van der Waals surface area contributed by atoms with Crippen LogP contribution in [0.5, 0.6) is 17.2 Å². The Balaban J connectivity index is 2.07. The molecule has 7 nitrogen and oxygen atoms in total. The van der Waals surface area contributed by atoms with E-state index in [9.17, 15) is 14.7 Å². The van der Waals surface area contributed by atoms with Crippen LogP contribution >= 0.6 is 11.6 Å². The van der Waals surface area contributed by atoms with Crippen LogP contribution in [0.2, 0.25) is 5.02 Å². The molecule has 0 spiro atoms. The summed E-state index contributed by atoms with van der Waals surface area (Å²) in [6.45, 7) is 1.41. The summed E-state index contributed by atoms with van der Waals surface area (Å²) in [5.41, 5.74) is 0.269. The van der Waals surface area contributed by atoms with Crippen LogP contribution in [0.3, 0.4) is 0 Å². The van der Waals surface area contributed by atoms with Gasteiger partial charge in [-0.05, 0) is 37.3 Å². The first-order valence-electron chi connectivity index (χ1n) is 7.58. The van der Waals surface area contributed by atoms with Crippen molar-refractivity contribution in [2.75, 3.05) is 19.5 Å². The van der Waals surface area contributed by atoms with Crippen molar-refractivity contribution in [1.29, 1.82) is 0 Å². The molecular formula is C18H18ClNO6. The monoisotopic (exact) mass is 379 g/mol. The number of anilines is 1. The summed E-state index contributed by atoms with van der Waals surface area (Å²) in [7, 11) is 2.89. The van der Waals surface area contributed by atoms with E-state index < -0.39 is 18.0 Å². The Labute approximate surface area is 155 Å². The number of benzene rings is 2. The van der Waals surface area contributed by atoms with E-state index in [2.05, 4.69) is 5.32 Å². The van der Waals surface area contributed by atoms with Gasteiger partial charge in [0.15, 0.2) is 6.10 Å². The number of rotatable bonds is 6. The third kappa shape index (κ3) is 4.58. The fourth-order valence-electron chi connectivity index (χ4n) is 2.10. The smallest absolute Gasteiger partial charge is 0.342 e. The first-order valence-corrected chi connectivity index (χ1v) is 7.96. The number of phenolic OH excluding ortho intramolecular Hbond substituents is 1. The first kappa shape index (κ1) is 19.4. The van der Waals surface area contributed by atoms with E-state index in [-0.39, 0.29) is 11.3 Å². The molecule has 0 saturated carbocycles. The lowest BCUT2D eigenvalue weighted by Gasteiger charge is -2.16. The molecule has 0 bridgehead atoms. The molecule has 0 radical (unpaired) electrons. The number of halogens is 1. The van der Waals surface area contributed by atoms with Gasteiger partial charge in [0.05, 0.1) is 19.9 Å². The largest absolute Gasteiger partial charge is 0.507 e. The minimum Gasteiger partial charge on any atom is -0.507 e. The van der Waals surface area contributed by atoms with E-state index in [0.29, 0.717) is 22.2 Å². The van der Waals surface area contributed by atoms with E-state index in [4.69, 9.17) is 25.8 Å². The zero-order chi connectivity index (χ0) is 19.3.